The lowest BCUT2D eigenvalue weighted by molar-refractivity contribution is -0.140. The predicted octanol–water partition coefficient (Wildman–Crippen LogP) is 2.94. The number of nitrogens with one attached hydrogen (secondary N) is 2. The maximum atomic E-state index is 12.2. The van der Waals surface area contributed by atoms with Crippen LogP contribution < -0.4 is 15.4 Å². The molecule has 0 saturated carbocycles. The Balaban J connectivity index is 0.00000484. The maximum Gasteiger partial charge on any atom is 0.320 e. The first-order chi connectivity index (χ1) is 10.4. The molecule has 0 heterocycles. The lowest BCUT2D eigenvalue weighted by atomic mass is 10.1. The average Bonchev–Trinajstić information content (AvgIpc) is 2.46. The third-order valence-electron chi connectivity index (χ3n) is 3.14. The molecule has 1 aromatic rings. The van der Waals surface area contributed by atoms with Crippen molar-refractivity contribution in [1.82, 2.24) is 5.32 Å². The zero-order chi connectivity index (χ0) is 16.7. The van der Waals surface area contributed by atoms with Crippen molar-refractivity contribution in [1.29, 1.82) is 0 Å². The fourth-order valence-corrected chi connectivity index (χ4v) is 2.14. The fourth-order valence-electron chi connectivity index (χ4n) is 1.96. The number of hydrogen-bond acceptors (Lipinski definition) is 4. The number of carboxylic acids is 1. The molecule has 6 nitrogen and oxygen atoms in total. The highest BCUT2D eigenvalue weighted by molar-refractivity contribution is 6.31. The number of carbonyl (C=O) groups excluding carboxylic acids is 1. The Hall–Kier alpha value is -1.50. The monoisotopic (exact) mass is 364 g/mol. The summed E-state index contributed by atoms with van der Waals surface area (Å²) in [5, 5.41) is 15.1. The topological polar surface area (TPSA) is 87.7 Å². The summed E-state index contributed by atoms with van der Waals surface area (Å²) in [7, 11) is 1.49. The molecular formula is C15H22Cl2N2O4. The van der Waals surface area contributed by atoms with Crippen LogP contribution >= 0.6 is 24.0 Å². The third-order valence-corrected chi connectivity index (χ3v) is 3.37. The zero-order valence-electron chi connectivity index (χ0n) is 13.3. The fraction of sp³-hybridized carbons (Fsp3) is 0.467. The summed E-state index contributed by atoms with van der Waals surface area (Å²) in [5.41, 5.74) is 0.441. The summed E-state index contributed by atoms with van der Waals surface area (Å²) in [6, 6.07) is 3.45. The van der Waals surface area contributed by atoms with Gasteiger partial charge in [-0.2, -0.15) is 0 Å². The lowest BCUT2D eigenvalue weighted by Gasteiger charge is -2.20. The molecule has 0 saturated heterocycles. The van der Waals surface area contributed by atoms with Crippen LogP contribution in [0.25, 0.3) is 0 Å². The van der Waals surface area contributed by atoms with Gasteiger partial charge in [0, 0.05) is 5.02 Å². The summed E-state index contributed by atoms with van der Waals surface area (Å²) in [6.45, 7) is 3.50. The van der Waals surface area contributed by atoms with E-state index < -0.39 is 18.1 Å². The summed E-state index contributed by atoms with van der Waals surface area (Å²) >= 11 is 5.90. The lowest BCUT2D eigenvalue weighted by Crippen LogP contribution is -2.47. The van der Waals surface area contributed by atoms with Gasteiger partial charge in [-0.15, -0.1) is 12.4 Å². The molecule has 0 spiro atoms. The number of benzene rings is 1. The molecule has 0 aliphatic carbocycles. The van der Waals surface area contributed by atoms with Gasteiger partial charge in [-0.25, -0.2) is 0 Å². The Bertz CT molecular complexity index is 540. The quantitative estimate of drug-likeness (QED) is 0.659. The Labute approximate surface area is 147 Å². The second kappa shape index (κ2) is 10.3. The van der Waals surface area contributed by atoms with Crippen molar-refractivity contribution >= 4 is 41.6 Å². The largest absolute Gasteiger partial charge is 0.495 e. The Morgan fingerprint density at radius 3 is 2.57 bits per heavy atom. The van der Waals surface area contributed by atoms with Gasteiger partial charge in [0.15, 0.2) is 0 Å². The molecular weight excluding hydrogens is 343 g/mol. The number of ether oxygens (including phenoxy) is 1. The van der Waals surface area contributed by atoms with Crippen molar-refractivity contribution in [3.63, 3.8) is 0 Å². The Kier molecular flexibility index (Phi) is 9.64. The summed E-state index contributed by atoms with van der Waals surface area (Å²) in [6.07, 6.45) is 1.16. The van der Waals surface area contributed by atoms with Crippen molar-refractivity contribution < 1.29 is 19.4 Å². The molecule has 8 heteroatoms. The minimum Gasteiger partial charge on any atom is -0.495 e. The van der Waals surface area contributed by atoms with Crippen LogP contribution in [-0.4, -0.2) is 36.2 Å². The zero-order valence-corrected chi connectivity index (χ0v) is 14.8. The van der Waals surface area contributed by atoms with E-state index >= 15 is 0 Å². The van der Waals surface area contributed by atoms with Crippen molar-refractivity contribution in [2.45, 2.75) is 38.8 Å². The van der Waals surface area contributed by atoms with Gasteiger partial charge in [0.2, 0.25) is 5.91 Å². The minimum atomic E-state index is -0.971. The number of methoxy groups -OCH3 is 1. The number of aliphatic carboxylic acids is 1. The van der Waals surface area contributed by atoms with E-state index in [0.29, 0.717) is 29.3 Å². The summed E-state index contributed by atoms with van der Waals surface area (Å²) in [5.74, 6) is -0.849. The highest BCUT2D eigenvalue weighted by Gasteiger charge is 2.23. The van der Waals surface area contributed by atoms with E-state index in [2.05, 4.69) is 10.6 Å². The van der Waals surface area contributed by atoms with E-state index in [0.717, 1.165) is 0 Å². The van der Waals surface area contributed by atoms with Crippen LogP contribution in [0.1, 0.15) is 26.7 Å². The van der Waals surface area contributed by atoms with Gasteiger partial charge in [-0.3, -0.25) is 14.9 Å². The van der Waals surface area contributed by atoms with E-state index in [1.165, 1.54) is 7.11 Å². The molecule has 1 amide bonds. The van der Waals surface area contributed by atoms with E-state index in [1.807, 2.05) is 6.92 Å². The van der Waals surface area contributed by atoms with Crippen LogP contribution in [0.15, 0.2) is 18.2 Å². The number of halogens is 2. The molecule has 2 unspecified atom stereocenters. The third kappa shape index (κ3) is 6.64. The number of carboxylic acid groups (broad SMARTS) is 1. The average molecular weight is 365 g/mol. The van der Waals surface area contributed by atoms with E-state index in [4.69, 9.17) is 21.4 Å². The van der Waals surface area contributed by atoms with Crippen molar-refractivity contribution in [3.05, 3.63) is 23.2 Å². The molecule has 23 heavy (non-hydrogen) atoms. The highest BCUT2D eigenvalue weighted by Crippen LogP contribution is 2.27. The van der Waals surface area contributed by atoms with Crippen molar-refractivity contribution in [3.8, 4) is 5.75 Å². The number of hydrogen-bond donors (Lipinski definition) is 3. The van der Waals surface area contributed by atoms with Crippen LogP contribution in [0, 0.1) is 0 Å². The van der Waals surface area contributed by atoms with E-state index in [9.17, 15) is 9.59 Å². The molecule has 130 valence electrons. The normalized spacial score (nSPS) is 12.7. The second-order valence-electron chi connectivity index (χ2n) is 4.90. The maximum absolute atomic E-state index is 12.2. The molecule has 2 atom stereocenters. The molecule has 3 N–H and O–H groups in total. The molecule has 0 radical (unpaired) electrons. The van der Waals surface area contributed by atoms with Crippen molar-refractivity contribution in [2.75, 3.05) is 12.4 Å². The Morgan fingerprint density at radius 2 is 2.04 bits per heavy atom. The predicted molar refractivity (Wildman–Crippen MR) is 92.8 cm³/mol. The van der Waals surface area contributed by atoms with Gasteiger partial charge in [-0.1, -0.05) is 24.9 Å². The molecule has 1 aromatic carbocycles. The van der Waals surface area contributed by atoms with Crippen LogP contribution in [-0.2, 0) is 9.59 Å². The molecule has 0 fully saturated rings. The Morgan fingerprint density at radius 1 is 1.39 bits per heavy atom. The SMILES string of the molecule is CCCC(NC(C)C(=O)Nc1cc(Cl)ccc1OC)C(=O)O.Cl. The van der Waals surface area contributed by atoms with E-state index in [1.54, 1.807) is 25.1 Å². The molecule has 0 bridgehead atoms. The van der Waals surface area contributed by atoms with Crippen LogP contribution in [0.2, 0.25) is 5.02 Å². The van der Waals surface area contributed by atoms with Crippen LogP contribution in [0.3, 0.4) is 0 Å². The van der Waals surface area contributed by atoms with Crippen LogP contribution in [0.4, 0.5) is 5.69 Å². The van der Waals surface area contributed by atoms with Gasteiger partial charge in [0.1, 0.15) is 11.8 Å². The molecule has 0 aliphatic rings. The van der Waals surface area contributed by atoms with E-state index in [-0.39, 0.29) is 18.3 Å². The molecule has 1 rings (SSSR count). The van der Waals surface area contributed by atoms with Gasteiger partial charge >= 0.3 is 5.97 Å². The van der Waals surface area contributed by atoms with Gasteiger partial charge < -0.3 is 15.2 Å². The van der Waals surface area contributed by atoms with Crippen molar-refractivity contribution in [2.24, 2.45) is 0 Å². The summed E-state index contributed by atoms with van der Waals surface area (Å²) < 4.78 is 5.15. The van der Waals surface area contributed by atoms with Gasteiger partial charge in [-0.05, 0) is 31.5 Å². The number of anilines is 1. The summed E-state index contributed by atoms with van der Waals surface area (Å²) in [4.78, 5) is 23.3. The first-order valence-electron chi connectivity index (χ1n) is 7.02. The van der Waals surface area contributed by atoms with Gasteiger partial charge in [0.25, 0.3) is 0 Å². The first kappa shape index (κ1) is 21.5. The first-order valence-corrected chi connectivity index (χ1v) is 7.40. The molecule has 0 aromatic heterocycles. The number of carbonyl (C=O) groups is 2. The minimum absolute atomic E-state index is 0. The van der Waals surface area contributed by atoms with Crippen LogP contribution in [0.5, 0.6) is 5.75 Å². The standard InChI is InChI=1S/C15H21ClN2O4.ClH/c1-4-5-11(15(20)21)17-9(2)14(19)18-12-8-10(16)6-7-13(12)22-3;/h6-9,11,17H,4-5H2,1-3H3,(H,18,19)(H,20,21);1H. The highest BCUT2D eigenvalue weighted by atomic mass is 35.5. The second-order valence-corrected chi connectivity index (χ2v) is 5.34. The molecule has 0 aliphatic heterocycles. The number of amides is 1. The van der Waals surface area contributed by atoms with Gasteiger partial charge in [0.05, 0.1) is 18.8 Å². The number of rotatable bonds is 8. The smallest absolute Gasteiger partial charge is 0.320 e.